The normalized spacial score (nSPS) is 13.2. The van der Waals surface area contributed by atoms with Gasteiger partial charge in [0.2, 0.25) is 0 Å². The highest BCUT2D eigenvalue weighted by molar-refractivity contribution is 7.79. The molecule has 0 saturated carbocycles. The largest absolute Gasteiger partial charge is 0.323 e. The van der Waals surface area contributed by atoms with Crippen LogP contribution in [0.15, 0.2) is 29.2 Å². The molecule has 1 aromatic rings. The number of hydrogen-bond acceptors (Lipinski definition) is 2. The van der Waals surface area contributed by atoms with Crippen molar-refractivity contribution in [2.75, 3.05) is 5.32 Å². The van der Waals surface area contributed by atoms with Crippen LogP contribution in [0.2, 0.25) is 0 Å². The summed E-state index contributed by atoms with van der Waals surface area (Å²) in [6, 6.07) is 5.65. The molecule has 0 saturated heterocycles. The molecule has 0 aromatic heterocycles. The van der Waals surface area contributed by atoms with Gasteiger partial charge in [-0.2, -0.15) is 0 Å². The first-order chi connectivity index (χ1) is 7.30. The Morgan fingerprint density at radius 3 is 2.25 bits per heavy atom. The quantitative estimate of drug-likeness (QED) is 0.800. The molecule has 0 aliphatic heterocycles. The summed E-state index contributed by atoms with van der Waals surface area (Å²) in [5.41, 5.74) is -1.58. The maximum absolute atomic E-state index is 13.2. The van der Waals surface area contributed by atoms with Crippen LogP contribution >= 0.6 is 0 Å². The summed E-state index contributed by atoms with van der Waals surface area (Å²) >= 11 is -2.05. The number of rotatable bonds is 3. The van der Waals surface area contributed by atoms with Gasteiger partial charge >= 0.3 is 0 Å². The van der Waals surface area contributed by atoms with Gasteiger partial charge in [0.1, 0.15) is 0 Å². The summed E-state index contributed by atoms with van der Waals surface area (Å²) in [4.78, 5) is 11.5. The molecule has 0 radical (unpaired) electrons. The number of halogens is 1. The molecule has 0 aliphatic carbocycles. The number of nitrogens with one attached hydrogen (secondary N) is 1. The van der Waals surface area contributed by atoms with E-state index >= 15 is 0 Å². The van der Waals surface area contributed by atoms with Crippen molar-refractivity contribution >= 4 is 22.7 Å². The van der Waals surface area contributed by atoms with Crippen molar-refractivity contribution in [2.24, 2.45) is 0 Å². The van der Waals surface area contributed by atoms with E-state index in [2.05, 4.69) is 5.32 Å². The Kier molecular flexibility index (Phi) is 3.77. The Balaban J connectivity index is 2.77. The number of alkyl halides is 1. The summed E-state index contributed by atoms with van der Waals surface area (Å²) in [6.45, 7) is 2.30. The van der Waals surface area contributed by atoms with Crippen LogP contribution in [0.4, 0.5) is 10.1 Å². The van der Waals surface area contributed by atoms with Crippen LogP contribution in [-0.2, 0) is 15.9 Å². The molecule has 0 fully saturated rings. The lowest BCUT2D eigenvalue weighted by Gasteiger charge is -2.13. The molecule has 2 N–H and O–H groups in total. The van der Waals surface area contributed by atoms with Crippen molar-refractivity contribution in [1.82, 2.24) is 0 Å². The van der Waals surface area contributed by atoms with Gasteiger partial charge in [-0.1, -0.05) is 0 Å². The smallest absolute Gasteiger partial charge is 0.261 e. The zero-order valence-electron chi connectivity index (χ0n) is 8.86. The van der Waals surface area contributed by atoms with Crippen LogP contribution in [0, 0.1) is 0 Å². The van der Waals surface area contributed by atoms with E-state index in [1.165, 1.54) is 24.3 Å². The van der Waals surface area contributed by atoms with E-state index in [1.807, 2.05) is 0 Å². The highest BCUT2D eigenvalue weighted by Crippen LogP contribution is 2.15. The number of anilines is 1. The molecule has 4 nitrogen and oxygen atoms in total. The minimum absolute atomic E-state index is 0.220. The average Bonchev–Trinajstić information content (AvgIpc) is 2.17. The van der Waals surface area contributed by atoms with Crippen LogP contribution in [0.25, 0.3) is 0 Å². The van der Waals surface area contributed by atoms with Crippen molar-refractivity contribution in [1.29, 1.82) is 0 Å². The molecule has 1 atom stereocenters. The van der Waals surface area contributed by atoms with Crippen LogP contribution in [0.5, 0.6) is 0 Å². The Bertz CT molecular complexity index is 411. The molecular formula is C10H12FNO3S. The fourth-order valence-corrected chi connectivity index (χ4v) is 1.30. The number of carbonyl (C=O) groups excluding carboxylic acids is 1. The van der Waals surface area contributed by atoms with E-state index < -0.39 is 22.7 Å². The first-order valence-electron chi connectivity index (χ1n) is 4.52. The molecular weight excluding hydrogens is 233 g/mol. The second kappa shape index (κ2) is 4.71. The van der Waals surface area contributed by atoms with E-state index in [4.69, 9.17) is 4.55 Å². The van der Waals surface area contributed by atoms with Gasteiger partial charge in [0.15, 0.2) is 16.7 Å². The van der Waals surface area contributed by atoms with E-state index in [0.29, 0.717) is 5.69 Å². The molecule has 1 rings (SSSR count). The Morgan fingerprint density at radius 2 is 1.88 bits per heavy atom. The second-order valence-electron chi connectivity index (χ2n) is 3.70. The van der Waals surface area contributed by atoms with E-state index in [9.17, 15) is 13.4 Å². The predicted octanol–water partition coefficient (Wildman–Crippen LogP) is 1.95. The van der Waals surface area contributed by atoms with Gasteiger partial charge in [0.05, 0.1) is 4.90 Å². The maximum Gasteiger partial charge on any atom is 0.261 e. The van der Waals surface area contributed by atoms with E-state index in [1.54, 1.807) is 0 Å². The number of hydrogen-bond donors (Lipinski definition) is 2. The van der Waals surface area contributed by atoms with Gasteiger partial charge in [-0.15, -0.1) is 0 Å². The monoisotopic (exact) mass is 245 g/mol. The van der Waals surface area contributed by atoms with Crippen molar-refractivity contribution in [3.63, 3.8) is 0 Å². The Hall–Kier alpha value is -1.27. The Morgan fingerprint density at radius 1 is 1.38 bits per heavy atom. The number of carbonyl (C=O) groups is 1. The minimum atomic E-state index is -2.05. The second-order valence-corrected chi connectivity index (χ2v) is 4.67. The third-order valence-electron chi connectivity index (χ3n) is 1.85. The third-order valence-corrected chi connectivity index (χ3v) is 2.53. The molecule has 1 amide bonds. The number of amides is 1. The van der Waals surface area contributed by atoms with Gasteiger partial charge in [-0.25, -0.2) is 8.60 Å². The van der Waals surface area contributed by atoms with Gasteiger partial charge in [0.25, 0.3) is 5.91 Å². The zero-order chi connectivity index (χ0) is 12.3. The third kappa shape index (κ3) is 3.39. The van der Waals surface area contributed by atoms with Crippen LogP contribution in [0.1, 0.15) is 13.8 Å². The topological polar surface area (TPSA) is 66.4 Å². The van der Waals surface area contributed by atoms with Gasteiger partial charge in [-0.05, 0) is 38.1 Å². The first-order valence-corrected chi connectivity index (χ1v) is 5.62. The van der Waals surface area contributed by atoms with Crippen LogP contribution < -0.4 is 5.32 Å². The molecule has 1 aromatic carbocycles. The predicted molar refractivity (Wildman–Crippen MR) is 59.3 cm³/mol. The van der Waals surface area contributed by atoms with Crippen molar-refractivity contribution in [2.45, 2.75) is 24.4 Å². The number of benzene rings is 1. The fraction of sp³-hybridized carbons (Fsp3) is 0.300. The first kappa shape index (κ1) is 12.8. The zero-order valence-corrected chi connectivity index (χ0v) is 9.68. The lowest BCUT2D eigenvalue weighted by molar-refractivity contribution is -0.125. The molecule has 6 heteroatoms. The summed E-state index contributed by atoms with van der Waals surface area (Å²) in [6.07, 6.45) is 0. The maximum atomic E-state index is 13.2. The van der Waals surface area contributed by atoms with Crippen LogP contribution in [-0.4, -0.2) is 20.3 Å². The lowest BCUT2D eigenvalue weighted by Crippen LogP contribution is -2.32. The summed E-state index contributed by atoms with van der Waals surface area (Å²) < 4.78 is 32.6. The molecule has 1 unspecified atom stereocenters. The van der Waals surface area contributed by atoms with Gasteiger partial charge < -0.3 is 9.87 Å². The van der Waals surface area contributed by atoms with Gasteiger partial charge in [-0.3, -0.25) is 4.79 Å². The fourth-order valence-electron chi connectivity index (χ4n) is 0.934. The standard InChI is InChI=1S/C10H12FNO3S/c1-10(2,11)9(13)12-7-3-5-8(6-4-7)16(14)15/h3-6H,1-2H3,(H,12,13)(H,14,15). The van der Waals surface area contributed by atoms with E-state index in [0.717, 1.165) is 13.8 Å². The highest BCUT2D eigenvalue weighted by Gasteiger charge is 2.26. The molecule has 0 spiro atoms. The van der Waals surface area contributed by atoms with E-state index in [-0.39, 0.29) is 4.90 Å². The SMILES string of the molecule is CC(C)(F)C(=O)Nc1ccc(S(=O)O)cc1. The van der Waals surface area contributed by atoms with Gasteiger partial charge in [0, 0.05) is 5.69 Å². The Labute approximate surface area is 95.1 Å². The molecule has 0 aliphatic rings. The lowest BCUT2D eigenvalue weighted by atomic mass is 10.1. The summed E-state index contributed by atoms with van der Waals surface area (Å²) in [5, 5.41) is 2.35. The average molecular weight is 245 g/mol. The van der Waals surface area contributed by atoms with Crippen molar-refractivity contribution in [3.8, 4) is 0 Å². The highest BCUT2D eigenvalue weighted by atomic mass is 32.2. The van der Waals surface area contributed by atoms with Crippen molar-refractivity contribution in [3.05, 3.63) is 24.3 Å². The molecule has 88 valence electrons. The molecule has 0 heterocycles. The molecule has 0 bridgehead atoms. The molecule has 16 heavy (non-hydrogen) atoms. The summed E-state index contributed by atoms with van der Waals surface area (Å²) in [7, 11) is 0. The van der Waals surface area contributed by atoms with Crippen molar-refractivity contribution < 1.29 is 17.9 Å². The van der Waals surface area contributed by atoms with Crippen LogP contribution in [0.3, 0.4) is 0 Å². The minimum Gasteiger partial charge on any atom is -0.323 e. The summed E-state index contributed by atoms with van der Waals surface area (Å²) in [5.74, 6) is -0.759.